The summed E-state index contributed by atoms with van der Waals surface area (Å²) in [7, 11) is 0. The van der Waals surface area contributed by atoms with Crippen LogP contribution in [0.3, 0.4) is 0 Å². The maximum Gasteiger partial charge on any atom is 0.413 e. The summed E-state index contributed by atoms with van der Waals surface area (Å²) in [4.78, 5) is 21.9. The highest BCUT2D eigenvalue weighted by Gasteiger charge is 2.27. The minimum atomic E-state index is -1.30. The summed E-state index contributed by atoms with van der Waals surface area (Å²) in [6.07, 6.45) is -2.12. The normalized spacial score (nSPS) is 12.6. The zero-order valence-corrected chi connectivity index (χ0v) is 10.5. The lowest BCUT2D eigenvalue weighted by Crippen LogP contribution is -2.37. The van der Waals surface area contributed by atoms with Gasteiger partial charge in [-0.3, -0.25) is 15.4 Å². The lowest BCUT2D eigenvalue weighted by molar-refractivity contribution is -0.533. The molecule has 0 saturated heterocycles. The van der Waals surface area contributed by atoms with Gasteiger partial charge >= 0.3 is 12.3 Å². The average molecular weight is 252 g/mol. The number of amides is 1. The van der Waals surface area contributed by atoms with E-state index < -0.39 is 22.8 Å². The minimum absolute atomic E-state index is 0.397. The topological polar surface area (TPSA) is 81.5 Å². The fraction of sp³-hybridized carbons (Fsp3) is 0.417. The number of nitro groups is 1. The molecule has 1 unspecified atom stereocenters. The largest absolute Gasteiger partial charge is 0.444 e. The number of carbonyl (C=O) groups excluding carboxylic acids is 1. The van der Waals surface area contributed by atoms with E-state index in [4.69, 9.17) is 4.74 Å². The van der Waals surface area contributed by atoms with Crippen molar-refractivity contribution in [3.63, 3.8) is 0 Å². The van der Waals surface area contributed by atoms with E-state index in [1.165, 1.54) is 0 Å². The molecule has 1 aromatic rings. The lowest BCUT2D eigenvalue weighted by Gasteiger charge is -2.20. The van der Waals surface area contributed by atoms with Gasteiger partial charge in [0.2, 0.25) is 0 Å². The second-order valence-electron chi connectivity index (χ2n) is 4.74. The number of nitrogens with zero attached hydrogens (tertiary/aromatic N) is 1. The summed E-state index contributed by atoms with van der Waals surface area (Å²) in [5, 5.41) is 13.2. The Bertz CT molecular complexity index is 425. The molecular formula is C12H16N2O4. The molecular weight excluding hydrogens is 236 g/mol. The van der Waals surface area contributed by atoms with Gasteiger partial charge in [-0.25, -0.2) is 4.79 Å². The monoisotopic (exact) mass is 252 g/mol. The van der Waals surface area contributed by atoms with Gasteiger partial charge < -0.3 is 4.74 Å². The second-order valence-corrected chi connectivity index (χ2v) is 4.74. The number of carbonyl (C=O) groups is 1. The highest BCUT2D eigenvalue weighted by Crippen LogP contribution is 2.14. The smallest absolute Gasteiger partial charge is 0.413 e. The predicted octanol–water partition coefficient (Wildman–Crippen LogP) is 2.49. The molecule has 1 amide bonds. The number of benzene rings is 1. The van der Waals surface area contributed by atoms with E-state index in [2.05, 4.69) is 5.32 Å². The van der Waals surface area contributed by atoms with Crippen LogP contribution in [0.4, 0.5) is 4.79 Å². The first-order valence-electron chi connectivity index (χ1n) is 5.47. The van der Waals surface area contributed by atoms with Gasteiger partial charge in [-0.15, -0.1) is 0 Å². The molecule has 18 heavy (non-hydrogen) atoms. The molecule has 0 aliphatic rings. The van der Waals surface area contributed by atoms with Crippen molar-refractivity contribution in [1.29, 1.82) is 0 Å². The van der Waals surface area contributed by atoms with Gasteiger partial charge in [0.05, 0.1) is 4.92 Å². The number of ether oxygens (including phenoxy) is 1. The molecule has 98 valence electrons. The minimum Gasteiger partial charge on any atom is -0.444 e. The van der Waals surface area contributed by atoms with Crippen molar-refractivity contribution >= 4 is 6.09 Å². The SMILES string of the molecule is CC(C)(C)OC(=O)NC(c1ccccc1)[N+](=O)[O-]. The van der Waals surface area contributed by atoms with Crippen LogP contribution in [0.5, 0.6) is 0 Å². The first-order valence-corrected chi connectivity index (χ1v) is 5.47. The Morgan fingerprint density at radius 1 is 1.33 bits per heavy atom. The van der Waals surface area contributed by atoms with Crippen molar-refractivity contribution in [2.24, 2.45) is 0 Å². The molecule has 0 heterocycles. The van der Waals surface area contributed by atoms with Crippen LogP contribution >= 0.6 is 0 Å². The number of rotatable bonds is 3. The molecule has 0 aromatic heterocycles. The van der Waals surface area contributed by atoms with Gasteiger partial charge in [0.25, 0.3) is 0 Å². The zero-order valence-electron chi connectivity index (χ0n) is 10.5. The fourth-order valence-corrected chi connectivity index (χ4v) is 1.31. The highest BCUT2D eigenvalue weighted by molar-refractivity contribution is 5.68. The number of hydrogen-bond acceptors (Lipinski definition) is 4. The first kappa shape index (κ1) is 14.0. The molecule has 0 aliphatic heterocycles. The van der Waals surface area contributed by atoms with Crippen molar-refractivity contribution in [2.75, 3.05) is 0 Å². The third-order valence-corrected chi connectivity index (χ3v) is 1.98. The summed E-state index contributed by atoms with van der Waals surface area (Å²) in [6.45, 7) is 5.07. The Kier molecular flexibility index (Phi) is 4.25. The molecule has 0 aliphatic carbocycles. The van der Waals surface area contributed by atoms with E-state index in [1.54, 1.807) is 51.1 Å². The van der Waals surface area contributed by atoms with Crippen LogP contribution in [0.2, 0.25) is 0 Å². The molecule has 6 heteroatoms. The molecule has 1 N–H and O–H groups in total. The summed E-state index contributed by atoms with van der Waals surface area (Å²) in [5.41, 5.74) is -0.296. The lowest BCUT2D eigenvalue weighted by atomic mass is 10.2. The molecule has 0 fully saturated rings. The third-order valence-electron chi connectivity index (χ3n) is 1.98. The zero-order chi connectivity index (χ0) is 13.8. The first-order chi connectivity index (χ1) is 8.29. The van der Waals surface area contributed by atoms with Crippen LogP contribution in [0.1, 0.15) is 32.5 Å². The van der Waals surface area contributed by atoms with E-state index in [0.717, 1.165) is 0 Å². The Labute approximate surface area is 105 Å². The Hall–Kier alpha value is -2.11. The molecule has 0 saturated carbocycles. The summed E-state index contributed by atoms with van der Waals surface area (Å²) in [6, 6.07) is 8.23. The van der Waals surface area contributed by atoms with E-state index in [1.807, 2.05) is 0 Å². The van der Waals surface area contributed by atoms with E-state index in [0.29, 0.717) is 5.56 Å². The van der Waals surface area contributed by atoms with Gasteiger partial charge in [0.1, 0.15) is 5.60 Å². The van der Waals surface area contributed by atoms with Crippen molar-refractivity contribution < 1.29 is 14.5 Å². The van der Waals surface area contributed by atoms with Crippen LogP contribution in [0, 0.1) is 10.1 Å². The number of alkyl carbamates (subject to hydrolysis) is 1. The standard InChI is InChI=1S/C12H16N2O4/c1-12(2,3)18-11(15)13-10(14(16)17)9-7-5-4-6-8-9/h4-8,10H,1-3H3,(H,13,15). The molecule has 1 aromatic carbocycles. The fourth-order valence-electron chi connectivity index (χ4n) is 1.31. The number of nitrogens with one attached hydrogen (secondary N) is 1. The second kappa shape index (κ2) is 5.48. The number of hydrogen-bond donors (Lipinski definition) is 1. The van der Waals surface area contributed by atoms with Gasteiger partial charge in [-0.1, -0.05) is 30.3 Å². The summed E-state index contributed by atoms with van der Waals surface area (Å²) >= 11 is 0. The van der Waals surface area contributed by atoms with Gasteiger partial charge in [0.15, 0.2) is 0 Å². The third kappa shape index (κ3) is 4.40. The van der Waals surface area contributed by atoms with E-state index in [9.17, 15) is 14.9 Å². The van der Waals surface area contributed by atoms with Gasteiger partial charge in [-0.2, -0.15) is 0 Å². The van der Waals surface area contributed by atoms with E-state index >= 15 is 0 Å². The van der Waals surface area contributed by atoms with Gasteiger partial charge in [0, 0.05) is 5.56 Å². The molecule has 0 bridgehead atoms. The Morgan fingerprint density at radius 3 is 2.33 bits per heavy atom. The average Bonchev–Trinajstić information content (AvgIpc) is 2.24. The quantitative estimate of drug-likeness (QED) is 0.509. The molecule has 1 rings (SSSR count). The predicted molar refractivity (Wildman–Crippen MR) is 65.5 cm³/mol. The highest BCUT2D eigenvalue weighted by atomic mass is 16.6. The molecule has 6 nitrogen and oxygen atoms in total. The molecule has 0 spiro atoms. The summed E-state index contributed by atoms with van der Waals surface area (Å²) < 4.78 is 4.99. The van der Waals surface area contributed by atoms with Crippen LogP contribution in [-0.4, -0.2) is 16.6 Å². The summed E-state index contributed by atoms with van der Waals surface area (Å²) in [5.74, 6) is 0. The maximum atomic E-state index is 11.5. The van der Waals surface area contributed by atoms with Crippen molar-refractivity contribution in [1.82, 2.24) is 5.32 Å². The van der Waals surface area contributed by atoms with Crippen LogP contribution in [0.15, 0.2) is 30.3 Å². The Balaban J connectivity index is 2.77. The van der Waals surface area contributed by atoms with Crippen molar-refractivity contribution in [3.05, 3.63) is 46.0 Å². The maximum absolute atomic E-state index is 11.5. The van der Waals surface area contributed by atoms with E-state index in [-0.39, 0.29) is 0 Å². The van der Waals surface area contributed by atoms with Crippen molar-refractivity contribution in [3.8, 4) is 0 Å². The Morgan fingerprint density at radius 2 is 1.89 bits per heavy atom. The van der Waals surface area contributed by atoms with Crippen LogP contribution < -0.4 is 5.32 Å². The van der Waals surface area contributed by atoms with Gasteiger partial charge in [-0.05, 0) is 20.8 Å². The molecule has 0 radical (unpaired) electrons. The van der Waals surface area contributed by atoms with Crippen molar-refractivity contribution in [2.45, 2.75) is 32.5 Å². The van der Waals surface area contributed by atoms with Crippen LogP contribution in [0.25, 0.3) is 0 Å². The molecule has 1 atom stereocenters. The van der Waals surface area contributed by atoms with Crippen LogP contribution in [-0.2, 0) is 4.74 Å².